The van der Waals surface area contributed by atoms with Crippen LogP contribution in [0.2, 0.25) is 0 Å². The summed E-state index contributed by atoms with van der Waals surface area (Å²) in [4.78, 5) is 38.7. The van der Waals surface area contributed by atoms with Crippen LogP contribution in [0.5, 0.6) is 0 Å². The molecule has 3 rings (SSSR count). The zero-order valence-electron chi connectivity index (χ0n) is 18.4. The SMILES string of the molecule is COC1C(OC(=O)c2ccccc2)C(OC(C)P(=O)(OC)OC)OC1n1ccc(=O)[nH]c1=O. The highest BCUT2D eigenvalue weighted by Gasteiger charge is 2.51. The lowest BCUT2D eigenvalue weighted by Crippen LogP contribution is -2.41. The lowest BCUT2D eigenvalue weighted by Gasteiger charge is -2.27. The van der Waals surface area contributed by atoms with E-state index in [4.69, 9.17) is 28.0 Å². The highest BCUT2D eigenvalue weighted by molar-refractivity contribution is 7.54. The molecule has 0 spiro atoms. The minimum Gasteiger partial charge on any atom is -0.450 e. The second-order valence-electron chi connectivity index (χ2n) is 6.99. The molecule has 2 aromatic rings. The standard InChI is InChI=1S/C20H25N2O10P/c1-12(33(26,28-3)29-4)30-19-16(31-18(24)13-8-6-5-7-9-13)15(27-2)17(32-19)22-11-10-14(23)21-20(22)25/h5-12,15-17,19H,1-4H3,(H,21,23,25). The van der Waals surface area contributed by atoms with Crippen LogP contribution in [0.3, 0.4) is 0 Å². The van der Waals surface area contributed by atoms with E-state index in [-0.39, 0.29) is 5.56 Å². The van der Waals surface area contributed by atoms with Crippen molar-refractivity contribution in [1.29, 1.82) is 0 Å². The fourth-order valence-corrected chi connectivity index (χ4v) is 4.36. The summed E-state index contributed by atoms with van der Waals surface area (Å²) < 4.78 is 46.5. The summed E-state index contributed by atoms with van der Waals surface area (Å²) in [5, 5.41) is 0. The van der Waals surface area contributed by atoms with Crippen LogP contribution in [0.4, 0.5) is 0 Å². The van der Waals surface area contributed by atoms with Crippen LogP contribution in [0.15, 0.2) is 52.2 Å². The van der Waals surface area contributed by atoms with E-state index in [2.05, 4.69) is 4.98 Å². The lowest BCUT2D eigenvalue weighted by atomic mass is 10.2. The number of H-pyrrole nitrogens is 1. The van der Waals surface area contributed by atoms with Gasteiger partial charge in [-0.1, -0.05) is 18.2 Å². The third-order valence-electron chi connectivity index (χ3n) is 5.08. The molecule has 1 aliphatic heterocycles. The van der Waals surface area contributed by atoms with Crippen LogP contribution in [-0.2, 0) is 32.6 Å². The quantitative estimate of drug-likeness (QED) is 0.410. The number of carbonyl (C=O) groups excluding carboxylic acids is 1. The van der Waals surface area contributed by atoms with Gasteiger partial charge in [-0.05, 0) is 19.1 Å². The van der Waals surface area contributed by atoms with Gasteiger partial charge in [-0.2, -0.15) is 0 Å². The number of ether oxygens (including phenoxy) is 4. The maximum atomic E-state index is 12.7. The summed E-state index contributed by atoms with van der Waals surface area (Å²) >= 11 is 0. The van der Waals surface area contributed by atoms with Crippen LogP contribution in [0.1, 0.15) is 23.5 Å². The molecular weight excluding hydrogens is 459 g/mol. The fourth-order valence-electron chi connectivity index (χ4n) is 3.35. The molecule has 0 amide bonds. The molecule has 5 unspecified atom stereocenters. The zero-order chi connectivity index (χ0) is 24.2. The highest BCUT2D eigenvalue weighted by Crippen LogP contribution is 2.53. The number of methoxy groups -OCH3 is 1. The van der Waals surface area contributed by atoms with E-state index < -0.39 is 55.4 Å². The van der Waals surface area contributed by atoms with Gasteiger partial charge in [-0.3, -0.25) is 18.9 Å². The summed E-state index contributed by atoms with van der Waals surface area (Å²) in [5.74, 6) is -1.82. The number of nitrogens with zero attached hydrogens (tertiary/aromatic N) is 1. The van der Waals surface area contributed by atoms with Crippen LogP contribution in [-0.4, -0.2) is 61.2 Å². The second kappa shape index (κ2) is 10.6. The Labute approximate surface area is 188 Å². The second-order valence-corrected chi connectivity index (χ2v) is 9.53. The Morgan fingerprint density at radius 2 is 1.76 bits per heavy atom. The molecule has 0 aliphatic carbocycles. The van der Waals surface area contributed by atoms with Crippen molar-refractivity contribution in [3.8, 4) is 0 Å². The number of hydrogen-bond acceptors (Lipinski definition) is 10. The van der Waals surface area contributed by atoms with Crippen molar-refractivity contribution >= 4 is 13.6 Å². The number of carbonyl (C=O) groups is 1. The molecule has 0 bridgehead atoms. The van der Waals surface area contributed by atoms with E-state index in [0.717, 1.165) is 10.6 Å². The van der Waals surface area contributed by atoms with E-state index in [1.807, 2.05) is 0 Å². The molecule has 12 nitrogen and oxygen atoms in total. The molecule has 33 heavy (non-hydrogen) atoms. The topological polar surface area (TPSA) is 144 Å². The molecule has 13 heteroatoms. The zero-order valence-corrected chi connectivity index (χ0v) is 19.3. The van der Waals surface area contributed by atoms with Gasteiger partial charge in [0.2, 0.25) is 6.29 Å². The van der Waals surface area contributed by atoms with Crippen molar-refractivity contribution in [2.75, 3.05) is 21.3 Å². The first-order valence-corrected chi connectivity index (χ1v) is 11.5. The molecule has 5 atom stereocenters. The predicted molar refractivity (Wildman–Crippen MR) is 114 cm³/mol. The van der Waals surface area contributed by atoms with Crippen molar-refractivity contribution in [3.05, 3.63) is 69.0 Å². The van der Waals surface area contributed by atoms with Crippen molar-refractivity contribution < 1.29 is 37.4 Å². The summed E-state index contributed by atoms with van der Waals surface area (Å²) in [6.07, 6.45) is -3.46. The van der Waals surface area contributed by atoms with Crippen molar-refractivity contribution in [2.24, 2.45) is 0 Å². The van der Waals surface area contributed by atoms with Gasteiger partial charge in [-0.25, -0.2) is 9.59 Å². The maximum absolute atomic E-state index is 12.7. The van der Waals surface area contributed by atoms with E-state index in [9.17, 15) is 18.9 Å². The van der Waals surface area contributed by atoms with Gasteiger partial charge < -0.3 is 28.0 Å². The van der Waals surface area contributed by atoms with Gasteiger partial charge >= 0.3 is 19.3 Å². The van der Waals surface area contributed by atoms with Gasteiger partial charge in [0.25, 0.3) is 5.56 Å². The first kappa shape index (κ1) is 25.0. The minimum absolute atomic E-state index is 0.267. The summed E-state index contributed by atoms with van der Waals surface area (Å²) in [5.41, 5.74) is -1.10. The molecule has 1 saturated heterocycles. The van der Waals surface area contributed by atoms with Crippen LogP contribution in [0, 0.1) is 0 Å². The molecule has 1 aromatic heterocycles. The molecule has 1 aromatic carbocycles. The number of rotatable bonds is 9. The average molecular weight is 484 g/mol. The molecule has 0 saturated carbocycles. The van der Waals surface area contributed by atoms with Crippen LogP contribution in [0.25, 0.3) is 0 Å². The van der Waals surface area contributed by atoms with E-state index in [1.165, 1.54) is 34.4 Å². The molecule has 0 radical (unpaired) electrons. The van der Waals surface area contributed by atoms with Gasteiger partial charge in [0.15, 0.2) is 18.2 Å². The molecule has 1 aliphatic rings. The van der Waals surface area contributed by atoms with Gasteiger partial charge in [0, 0.05) is 33.6 Å². The Balaban J connectivity index is 1.96. The molecule has 1 N–H and O–H groups in total. The monoisotopic (exact) mass is 484 g/mol. The number of hydrogen-bond donors (Lipinski definition) is 1. The number of nitrogens with one attached hydrogen (secondary N) is 1. The minimum atomic E-state index is -3.68. The summed E-state index contributed by atoms with van der Waals surface area (Å²) in [6.45, 7) is 1.44. The molecule has 1 fully saturated rings. The van der Waals surface area contributed by atoms with Gasteiger partial charge in [0.05, 0.1) is 5.56 Å². The first-order valence-electron chi connectivity index (χ1n) is 9.86. The number of benzene rings is 1. The first-order chi connectivity index (χ1) is 15.7. The van der Waals surface area contributed by atoms with E-state index >= 15 is 0 Å². The molecule has 2 heterocycles. The molecule has 180 valence electrons. The Morgan fingerprint density at radius 3 is 2.33 bits per heavy atom. The maximum Gasteiger partial charge on any atom is 0.358 e. The summed E-state index contributed by atoms with van der Waals surface area (Å²) in [7, 11) is 0.0596. The van der Waals surface area contributed by atoms with Gasteiger partial charge in [0.1, 0.15) is 6.10 Å². The van der Waals surface area contributed by atoms with Crippen molar-refractivity contribution in [3.63, 3.8) is 0 Å². The van der Waals surface area contributed by atoms with E-state index in [0.29, 0.717) is 0 Å². The number of aromatic amines is 1. The smallest absolute Gasteiger partial charge is 0.358 e. The average Bonchev–Trinajstić information content (AvgIpc) is 3.15. The summed E-state index contributed by atoms with van der Waals surface area (Å²) in [6, 6.07) is 9.33. The van der Waals surface area contributed by atoms with Crippen molar-refractivity contribution in [1.82, 2.24) is 9.55 Å². The Bertz CT molecular complexity index is 1110. The fraction of sp³-hybridized carbons (Fsp3) is 0.450. The molecular formula is C20H25N2O10P. The predicted octanol–water partition coefficient (Wildman–Crippen LogP) is 1.48. The Hall–Kier alpha value is -2.60. The van der Waals surface area contributed by atoms with Gasteiger partial charge in [-0.15, -0.1) is 0 Å². The third kappa shape index (κ3) is 5.32. The van der Waals surface area contributed by atoms with Crippen LogP contribution >= 0.6 is 7.60 Å². The normalized spacial score (nSPS) is 23.9. The Morgan fingerprint density at radius 1 is 1.09 bits per heavy atom. The largest absolute Gasteiger partial charge is 0.450 e. The highest BCUT2D eigenvalue weighted by atomic mass is 31.2. The number of esters is 1. The lowest BCUT2D eigenvalue weighted by molar-refractivity contribution is -0.186. The number of aromatic nitrogens is 2. The van der Waals surface area contributed by atoms with Crippen LogP contribution < -0.4 is 11.2 Å². The third-order valence-corrected chi connectivity index (χ3v) is 7.11. The Kier molecular flexibility index (Phi) is 8.01. The van der Waals surface area contributed by atoms with E-state index in [1.54, 1.807) is 30.3 Å². The van der Waals surface area contributed by atoms with Crippen molar-refractivity contribution in [2.45, 2.75) is 37.5 Å².